The minimum atomic E-state index is 0.182. The van der Waals surface area contributed by atoms with Gasteiger partial charge in [-0.2, -0.15) is 0 Å². The van der Waals surface area contributed by atoms with Gasteiger partial charge in [0.2, 0.25) is 0 Å². The fourth-order valence-electron chi connectivity index (χ4n) is 1.70. The summed E-state index contributed by atoms with van der Waals surface area (Å²) in [5.74, 6) is 5.64. The Balaban J connectivity index is 2.16. The molecule has 2 heterocycles. The zero-order valence-electron chi connectivity index (χ0n) is 9.14. The second-order valence-corrected chi connectivity index (χ2v) is 5.44. The van der Waals surface area contributed by atoms with Gasteiger partial charge in [0.25, 0.3) is 0 Å². The van der Waals surface area contributed by atoms with Crippen molar-refractivity contribution < 1.29 is 0 Å². The summed E-state index contributed by atoms with van der Waals surface area (Å²) < 4.78 is 0. The van der Waals surface area contributed by atoms with E-state index in [0.717, 1.165) is 17.8 Å². The van der Waals surface area contributed by atoms with Gasteiger partial charge in [0.15, 0.2) is 0 Å². The SMILES string of the molecule is CCc1ccsc1C(Cc1nccs1)NN. The number of aromatic nitrogens is 1. The lowest BCUT2D eigenvalue weighted by Gasteiger charge is -2.14. The van der Waals surface area contributed by atoms with Gasteiger partial charge in [-0.05, 0) is 23.4 Å². The molecule has 1 unspecified atom stereocenters. The predicted molar refractivity (Wildman–Crippen MR) is 69.6 cm³/mol. The van der Waals surface area contributed by atoms with Gasteiger partial charge in [0.1, 0.15) is 0 Å². The van der Waals surface area contributed by atoms with Gasteiger partial charge in [-0.25, -0.2) is 4.98 Å². The molecule has 0 saturated heterocycles. The highest BCUT2D eigenvalue weighted by atomic mass is 32.1. The van der Waals surface area contributed by atoms with E-state index in [0.29, 0.717) is 0 Å². The van der Waals surface area contributed by atoms with Crippen molar-refractivity contribution in [3.63, 3.8) is 0 Å². The first-order chi connectivity index (χ1) is 7.85. The molecular formula is C11H15N3S2. The number of thiophene rings is 1. The highest BCUT2D eigenvalue weighted by Gasteiger charge is 2.16. The van der Waals surface area contributed by atoms with Gasteiger partial charge in [-0.3, -0.25) is 11.3 Å². The van der Waals surface area contributed by atoms with Crippen molar-refractivity contribution in [1.29, 1.82) is 0 Å². The number of nitrogens with zero attached hydrogens (tertiary/aromatic N) is 1. The van der Waals surface area contributed by atoms with Crippen molar-refractivity contribution >= 4 is 22.7 Å². The molecule has 0 radical (unpaired) electrons. The third kappa shape index (κ3) is 2.49. The van der Waals surface area contributed by atoms with Gasteiger partial charge < -0.3 is 0 Å². The molecular weight excluding hydrogens is 238 g/mol. The van der Waals surface area contributed by atoms with E-state index >= 15 is 0 Å². The van der Waals surface area contributed by atoms with E-state index in [-0.39, 0.29) is 6.04 Å². The van der Waals surface area contributed by atoms with Crippen LogP contribution in [0.25, 0.3) is 0 Å². The quantitative estimate of drug-likeness (QED) is 0.636. The number of thiazole rings is 1. The summed E-state index contributed by atoms with van der Waals surface area (Å²) >= 11 is 3.44. The first-order valence-electron chi connectivity index (χ1n) is 5.26. The van der Waals surface area contributed by atoms with E-state index in [4.69, 9.17) is 5.84 Å². The molecule has 2 aromatic rings. The van der Waals surface area contributed by atoms with Gasteiger partial charge in [-0.15, -0.1) is 22.7 Å². The maximum absolute atomic E-state index is 5.64. The van der Waals surface area contributed by atoms with E-state index in [1.165, 1.54) is 10.4 Å². The summed E-state index contributed by atoms with van der Waals surface area (Å²) in [5, 5.41) is 5.25. The van der Waals surface area contributed by atoms with E-state index in [1.54, 1.807) is 22.7 Å². The molecule has 2 aromatic heterocycles. The summed E-state index contributed by atoms with van der Waals surface area (Å²) in [6.07, 6.45) is 3.75. The average molecular weight is 253 g/mol. The third-order valence-corrected chi connectivity index (χ3v) is 4.42. The molecule has 2 rings (SSSR count). The van der Waals surface area contributed by atoms with E-state index in [9.17, 15) is 0 Å². The van der Waals surface area contributed by atoms with Crippen LogP contribution in [0.1, 0.15) is 28.4 Å². The number of hydrazine groups is 1. The maximum Gasteiger partial charge on any atom is 0.0944 e. The number of aryl methyl sites for hydroxylation is 1. The molecule has 0 fully saturated rings. The molecule has 3 nitrogen and oxygen atoms in total. The molecule has 3 N–H and O–H groups in total. The molecule has 1 atom stereocenters. The summed E-state index contributed by atoms with van der Waals surface area (Å²) in [6, 6.07) is 2.35. The van der Waals surface area contributed by atoms with Crippen molar-refractivity contribution in [3.8, 4) is 0 Å². The van der Waals surface area contributed by atoms with E-state index < -0.39 is 0 Å². The number of hydrogen-bond acceptors (Lipinski definition) is 5. The van der Waals surface area contributed by atoms with E-state index in [1.807, 2.05) is 11.6 Å². The minimum absolute atomic E-state index is 0.182. The summed E-state index contributed by atoms with van der Waals surface area (Å²) in [5.41, 5.74) is 4.27. The largest absolute Gasteiger partial charge is 0.271 e. The zero-order valence-corrected chi connectivity index (χ0v) is 10.8. The number of nitrogens with two attached hydrogens (primary N) is 1. The Labute approximate surface area is 103 Å². The van der Waals surface area contributed by atoms with Crippen LogP contribution in [-0.4, -0.2) is 4.98 Å². The standard InChI is InChI=1S/C11H15N3S2/c1-2-8-3-5-16-11(8)9(14-12)7-10-13-4-6-15-10/h3-6,9,14H,2,7,12H2,1H3. The van der Waals surface area contributed by atoms with Crippen molar-refractivity contribution in [1.82, 2.24) is 10.4 Å². The summed E-state index contributed by atoms with van der Waals surface area (Å²) in [4.78, 5) is 5.63. The van der Waals surface area contributed by atoms with Crippen molar-refractivity contribution in [2.75, 3.05) is 0 Å². The Morgan fingerprint density at radius 2 is 2.31 bits per heavy atom. The fourth-order valence-corrected chi connectivity index (χ4v) is 3.42. The van der Waals surface area contributed by atoms with Crippen molar-refractivity contribution in [2.24, 2.45) is 5.84 Å². The smallest absolute Gasteiger partial charge is 0.0944 e. The molecule has 0 aliphatic rings. The van der Waals surface area contributed by atoms with Crippen molar-refractivity contribution in [3.05, 3.63) is 38.5 Å². The number of nitrogens with one attached hydrogen (secondary N) is 1. The molecule has 0 aliphatic heterocycles. The summed E-state index contributed by atoms with van der Waals surface area (Å²) in [6.45, 7) is 2.17. The first-order valence-corrected chi connectivity index (χ1v) is 7.01. The highest BCUT2D eigenvalue weighted by molar-refractivity contribution is 7.10. The molecule has 0 amide bonds. The van der Waals surface area contributed by atoms with Crippen LogP contribution in [0.2, 0.25) is 0 Å². The Bertz CT molecular complexity index is 422. The van der Waals surface area contributed by atoms with Crippen LogP contribution < -0.4 is 11.3 Å². The predicted octanol–water partition coefficient (Wildman–Crippen LogP) is 2.51. The molecule has 0 aliphatic carbocycles. The van der Waals surface area contributed by atoms with Crippen LogP contribution >= 0.6 is 22.7 Å². The van der Waals surface area contributed by atoms with Gasteiger partial charge in [-0.1, -0.05) is 6.92 Å². The van der Waals surface area contributed by atoms with Gasteiger partial charge in [0, 0.05) is 22.9 Å². The van der Waals surface area contributed by atoms with Gasteiger partial charge >= 0.3 is 0 Å². The topological polar surface area (TPSA) is 50.9 Å². The van der Waals surface area contributed by atoms with E-state index in [2.05, 4.69) is 28.8 Å². The lowest BCUT2D eigenvalue weighted by molar-refractivity contribution is 0.556. The monoisotopic (exact) mass is 253 g/mol. The number of hydrogen-bond donors (Lipinski definition) is 2. The Morgan fingerprint density at radius 1 is 1.44 bits per heavy atom. The van der Waals surface area contributed by atoms with Gasteiger partial charge in [0.05, 0.1) is 11.0 Å². The highest BCUT2D eigenvalue weighted by Crippen LogP contribution is 2.27. The Hall–Kier alpha value is -0.750. The second kappa shape index (κ2) is 5.54. The molecule has 0 bridgehead atoms. The van der Waals surface area contributed by atoms with Crippen LogP contribution in [0.4, 0.5) is 0 Å². The van der Waals surface area contributed by atoms with Crippen LogP contribution in [0.5, 0.6) is 0 Å². The lowest BCUT2D eigenvalue weighted by Crippen LogP contribution is -2.29. The zero-order chi connectivity index (χ0) is 11.4. The molecule has 16 heavy (non-hydrogen) atoms. The van der Waals surface area contributed by atoms with Crippen LogP contribution in [0.3, 0.4) is 0 Å². The lowest BCUT2D eigenvalue weighted by atomic mass is 10.1. The Morgan fingerprint density at radius 3 is 2.94 bits per heavy atom. The molecule has 86 valence electrons. The second-order valence-electron chi connectivity index (χ2n) is 3.51. The summed E-state index contributed by atoms with van der Waals surface area (Å²) in [7, 11) is 0. The molecule has 0 aromatic carbocycles. The maximum atomic E-state index is 5.64. The molecule has 0 saturated carbocycles. The Kier molecular flexibility index (Phi) is 4.06. The van der Waals surface area contributed by atoms with Crippen LogP contribution in [0, 0.1) is 0 Å². The van der Waals surface area contributed by atoms with Crippen LogP contribution in [0.15, 0.2) is 23.0 Å². The third-order valence-electron chi connectivity index (χ3n) is 2.54. The minimum Gasteiger partial charge on any atom is -0.271 e. The van der Waals surface area contributed by atoms with Crippen LogP contribution in [-0.2, 0) is 12.8 Å². The average Bonchev–Trinajstić information content (AvgIpc) is 2.96. The molecule has 0 spiro atoms. The molecule has 5 heteroatoms. The first kappa shape index (κ1) is 11.7. The normalized spacial score (nSPS) is 12.9. The van der Waals surface area contributed by atoms with Crippen molar-refractivity contribution in [2.45, 2.75) is 25.8 Å². The number of rotatable bonds is 5. The fraction of sp³-hybridized carbons (Fsp3) is 0.364.